The third-order valence-corrected chi connectivity index (χ3v) is 7.16. The van der Waals surface area contributed by atoms with Crippen LogP contribution in [-0.4, -0.2) is 25.8 Å². The molecule has 0 heterocycles. The van der Waals surface area contributed by atoms with Gasteiger partial charge in [0.05, 0.1) is 26.1 Å². The Balaban J connectivity index is 1.88. The van der Waals surface area contributed by atoms with Gasteiger partial charge in [-0.1, -0.05) is 56.1 Å². The van der Waals surface area contributed by atoms with Gasteiger partial charge in [-0.25, -0.2) is 0 Å². The maximum absolute atomic E-state index is 14.1. The van der Waals surface area contributed by atoms with E-state index in [9.17, 15) is 9.59 Å². The number of carbonyl (C=O) groups is 2. The second kappa shape index (κ2) is 11.7. The molecule has 0 aliphatic rings. The van der Waals surface area contributed by atoms with Crippen molar-refractivity contribution in [3.63, 3.8) is 0 Å². The molecule has 2 unspecified atom stereocenters. The van der Waals surface area contributed by atoms with Crippen molar-refractivity contribution < 1.29 is 19.1 Å². The van der Waals surface area contributed by atoms with Crippen molar-refractivity contribution in [1.82, 2.24) is 0 Å². The minimum atomic E-state index is -0.748. The fourth-order valence-corrected chi connectivity index (χ4v) is 4.73. The van der Waals surface area contributed by atoms with Gasteiger partial charge in [0, 0.05) is 20.1 Å². The van der Waals surface area contributed by atoms with Crippen LogP contribution in [0.1, 0.15) is 43.7 Å². The van der Waals surface area contributed by atoms with E-state index < -0.39 is 11.8 Å². The summed E-state index contributed by atoms with van der Waals surface area (Å²) < 4.78 is 12.3. The van der Waals surface area contributed by atoms with E-state index in [1.54, 1.807) is 62.8 Å². The lowest BCUT2D eigenvalue weighted by molar-refractivity contribution is 0.0866. The Kier molecular flexibility index (Phi) is 8.39. The van der Waals surface area contributed by atoms with Crippen molar-refractivity contribution in [3.05, 3.63) is 128 Å². The Morgan fingerprint density at radius 2 is 0.833 bits per heavy atom. The normalized spacial score (nSPS) is 12.4. The van der Waals surface area contributed by atoms with E-state index in [4.69, 9.17) is 9.47 Å². The zero-order valence-electron chi connectivity index (χ0n) is 19.8. The summed E-state index contributed by atoms with van der Waals surface area (Å²) in [5.41, 5.74) is 2.53. The van der Waals surface area contributed by atoms with E-state index in [-0.39, 0.29) is 11.6 Å². The molecule has 0 saturated carbocycles. The number of hydrogen-bond donors (Lipinski definition) is 0. The molecule has 4 rings (SSSR count). The van der Waals surface area contributed by atoms with Gasteiger partial charge < -0.3 is 9.47 Å². The smallest absolute Gasteiger partial charge is 0.171 e. The second-order valence-electron chi connectivity index (χ2n) is 8.24. The topological polar surface area (TPSA) is 52.6 Å². The Labute approximate surface area is 227 Å². The number of carbonyl (C=O) groups excluding carboxylic acids is 2. The van der Waals surface area contributed by atoms with Crippen LogP contribution >= 0.6 is 31.9 Å². The molecule has 0 N–H and O–H groups in total. The number of halogens is 2. The van der Waals surface area contributed by atoms with E-state index in [0.717, 1.165) is 20.1 Å². The molecule has 6 heteroatoms. The first kappa shape index (κ1) is 25.9. The lowest BCUT2D eigenvalue weighted by atomic mass is 9.73. The predicted octanol–water partition coefficient (Wildman–Crippen LogP) is 7.86. The zero-order chi connectivity index (χ0) is 25.7. The number of ketones is 2. The van der Waals surface area contributed by atoms with E-state index in [1.165, 1.54) is 0 Å². The van der Waals surface area contributed by atoms with E-state index in [0.29, 0.717) is 22.6 Å². The number of ether oxygens (including phenoxy) is 2. The molecular formula is C30H24Br2O4. The Bertz CT molecular complexity index is 1220. The first-order valence-electron chi connectivity index (χ1n) is 11.3. The summed E-state index contributed by atoms with van der Waals surface area (Å²) in [5.74, 6) is -0.468. The number of benzene rings is 4. The highest BCUT2D eigenvalue weighted by molar-refractivity contribution is 9.10. The van der Waals surface area contributed by atoms with Crippen LogP contribution in [-0.2, 0) is 0 Å². The SMILES string of the molecule is COc1ccc(C(=O)C(c2ccc(Br)cc2)C(C(=O)c2ccc(OC)cc2)c2ccc(Br)cc2)cc1. The van der Waals surface area contributed by atoms with Gasteiger partial charge >= 0.3 is 0 Å². The molecule has 0 aromatic heterocycles. The lowest BCUT2D eigenvalue weighted by Crippen LogP contribution is -2.27. The van der Waals surface area contributed by atoms with Crippen LogP contribution in [0, 0.1) is 0 Å². The van der Waals surface area contributed by atoms with Crippen LogP contribution in [0.15, 0.2) is 106 Å². The zero-order valence-corrected chi connectivity index (χ0v) is 23.0. The average molecular weight is 608 g/mol. The van der Waals surface area contributed by atoms with Crippen LogP contribution < -0.4 is 9.47 Å². The van der Waals surface area contributed by atoms with Gasteiger partial charge in [-0.05, 0) is 83.9 Å². The Morgan fingerprint density at radius 1 is 0.528 bits per heavy atom. The molecule has 0 bridgehead atoms. The molecule has 0 aliphatic heterocycles. The largest absolute Gasteiger partial charge is 0.497 e. The third-order valence-electron chi connectivity index (χ3n) is 6.11. The first-order valence-corrected chi connectivity index (χ1v) is 12.9. The Hall–Kier alpha value is -3.22. The monoisotopic (exact) mass is 606 g/mol. The highest BCUT2D eigenvalue weighted by Crippen LogP contribution is 2.39. The Morgan fingerprint density at radius 3 is 1.11 bits per heavy atom. The molecule has 0 radical (unpaired) electrons. The van der Waals surface area contributed by atoms with Crippen molar-refractivity contribution in [2.45, 2.75) is 11.8 Å². The van der Waals surface area contributed by atoms with Gasteiger partial charge in [0.15, 0.2) is 11.6 Å². The molecule has 0 spiro atoms. The van der Waals surface area contributed by atoms with Crippen molar-refractivity contribution in [2.24, 2.45) is 0 Å². The van der Waals surface area contributed by atoms with E-state index in [2.05, 4.69) is 31.9 Å². The number of rotatable bonds is 9. The summed E-state index contributed by atoms with van der Waals surface area (Å²) in [6.45, 7) is 0. The lowest BCUT2D eigenvalue weighted by Gasteiger charge is -2.27. The van der Waals surface area contributed by atoms with Crippen LogP contribution in [0.5, 0.6) is 11.5 Å². The predicted molar refractivity (Wildman–Crippen MR) is 148 cm³/mol. The molecule has 36 heavy (non-hydrogen) atoms. The van der Waals surface area contributed by atoms with Crippen molar-refractivity contribution in [3.8, 4) is 11.5 Å². The standard InChI is InChI=1S/C30H24Br2O4/c1-35-25-15-7-21(8-16-25)29(33)27(19-3-11-23(31)12-4-19)28(20-5-13-24(32)14-6-20)30(34)22-9-17-26(36-2)18-10-22/h3-18,27-28H,1-2H3. The van der Waals surface area contributed by atoms with Crippen molar-refractivity contribution >= 4 is 43.4 Å². The maximum atomic E-state index is 14.1. The van der Waals surface area contributed by atoms with Gasteiger partial charge in [-0.15, -0.1) is 0 Å². The molecule has 0 aliphatic carbocycles. The number of hydrogen-bond acceptors (Lipinski definition) is 4. The van der Waals surface area contributed by atoms with Crippen molar-refractivity contribution in [2.75, 3.05) is 14.2 Å². The molecule has 182 valence electrons. The van der Waals surface area contributed by atoms with E-state index >= 15 is 0 Å². The van der Waals surface area contributed by atoms with Gasteiger partial charge in [0.25, 0.3) is 0 Å². The van der Waals surface area contributed by atoms with Gasteiger partial charge in [0.1, 0.15) is 11.5 Å². The molecule has 4 nitrogen and oxygen atoms in total. The van der Waals surface area contributed by atoms with Gasteiger partial charge in [-0.2, -0.15) is 0 Å². The highest BCUT2D eigenvalue weighted by atomic mass is 79.9. The second-order valence-corrected chi connectivity index (χ2v) is 10.1. The van der Waals surface area contributed by atoms with E-state index in [1.807, 2.05) is 48.5 Å². The molecule has 4 aromatic rings. The highest BCUT2D eigenvalue weighted by Gasteiger charge is 2.37. The average Bonchev–Trinajstić information content (AvgIpc) is 2.92. The minimum Gasteiger partial charge on any atom is -0.497 e. The van der Waals surface area contributed by atoms with Crippen LogP contribution in [0.25, 0.3) is 0 Å². The quantitative estimate of drug-likeness (QED) is 0.182. The summed E-state index contributed by atoms with van der Waals surface area (Å²) in [6, 6.07) is 29.1. The molecule has 0 fully saturated rings. The summed E-state index contributed by atoms with van der Waals surface area (Å²) in [7, 11) is 3.16. The van der Waals surface area contributed by atoms with Crippen LogP contribution in [0.4, 0.5) is 0 Å². The minimum absolute atomic E-state index is 0.144. The third kappa shape index (κ3) is 5.77. The fraction of sp³-hybridized carbons (Fsp3) is 0.133. The first-order chi connectivity index (χ1) is 17.4. The van der Waals surface area contributed by atoms with Gasteiger partial charge in [0.2, 0.25) is 0 Å². The number of methoxy groups -OCH3 is 2. The van der Waals surface area contributed by atoms with Crippen molar-refractivity contribution in [1.29, 1.82) is 0 Å². The summed E-state index contributed by atoms with van der Waals surface area (Å²) in [6.07, 6.45) is 0. The molecule has 4 aromatic carbocycles. The molecule has 0 saturated heterocycles. The molecule has 0 amide bonds. The summed E-state index contributed by atoms with van der Waals surface area (Å²) in [5, 5.41) is 0. The van der Waals surface area contributed by atoms with Crippen LogP contribution in [0.2, 0.25) is 0 Å². The molecule has 2 atom stereocenters. The number of Topliss-reactive ketones (excluding diaryl/α,β-unsaturated/α-hetero) is 2. The fourth-order valence-electron chi connectivity index (χ4n) is 4.20. The molecular weight excluding hydrogens is 584 g/mol. The van der Waals surface area contributed by atoms with Crippen LogP contribution in [0.3, 0.4) is 0 Å². The van der Waals surface area contributed by atoms with Gasteiger partial charge in [-0.3, -0.25) is 9.59 Å². The summed E-state index contributed by atoms with van der Waals surface area (Å²) in [4.78, 5) is 28.2. The summed E-state index contributed by atoms with van der Waals surface area (Å²) >= 11 is 6.96. The maximum Gasteiger partial charge on any atom is 0.171 e.